The first-order valence-corrected chi connectivity index (χ1v) is 8.56. The van der Waals surface area contributed by atoms with Crippen molar-refractivity contribution in [3.63, 3.8) is 0 Å². The molecule has 0 atom stereocenters. The zero-order chi connectivity index (χ0) is 20.3. The van der Waals surface area contributed by atoms with Gasteiger partial charge in [0, 0.05) is 22.8 Å². The minimum absolute atomic E-state index is 0.115. The summed E-state index contributed by atoms with van der Waals surface area (Å²) in [6, 6.07) is 3.70. The third-order valence-electron chi connectivity index (χ3n) is 4.15. The lowest BCUT2D eigenvalue weighted by molar-refractivity contribution is -0.135. The Morgan fingerprint density at radius 1 is 1.08 bits per heavy atom. The van der Waals surface area contributed by atoms with Gasteiger partial charge < -0.3 is 15.2 Å². The average Bonchev–Trinajstić information content (AvgIpc) is 2.42. The molecule has 0 saturated carbocycles. The van der Waals surface area contributed by atoms with Crippen LogP contribution in [0.15, 0.2) is 12.1 Å². The van der Waals surface area contributed by atoms with Crippen LogP contribution in [0.2, 0.25) is 0 Å². The molecule has 0 aromatic heterocycles. The van der Waals surface area contributed by atoms with Crippen LogP contribution in [0.3, 0.4) is 0 Å². The van der Waals surface area contributed by atoms with Gasteiger partial charge in [-0.2, -0.15) is 0 Å². The number of amides is 1. The number of aliphatic carboxylic acids is 1. The number of carboxylic acid groups (broad SMARTS) is 1. The molecule has 0 saturated heterocycles. The molecule has 26 heavy (non-hydrogen) atoms. The number of aryl methyl sites for hydroxylation is 2. The van der Waals surface area contributed by atoms with Crippen molar-refractivity contribution in [2.75, 3.05) is 6.54 Å². The van der Waals surface area contributed by atoms with Gasteiger partial charge in [0.1, 0.15) is 18.1 Å². The highest BCUT2D eigenvalue weighted by molar-refractivity contribution is 5.85. The molecule has 0 heterocycles. The number of rotatable bonds is 6. The molecule has 144 valence electrons. The molecule has 6 nitrogen and oxygen atoms in total. The van der Waals surface area contributed by atoms with E-state index < -0.39 is 29.4 Å². The number of nitrogens with one attached hydrogen (secondary N) is 1. The summed E-state index contributed by atoms with van der Waals surface area (Å²) in [4.78, 5) is 35.1. The standard InChI is InChI=1S/C20H29NO5/c1-12-8-13(2)17(20(6,7)10-15(22)19(3,4)5)14(9-12)26-18(25)21-11-16(23)24/h8-9H,10-11H2,1-7H3,(H,21,25)(H,23,24). The predicted molar refractivity (Wildman–Crippen MR) is 99.7 cm³/mol. The van der Waals surface area contributed by atoms with Gasteiger partial charge in [-0.05, 0) is 31.0 Å². The van der Waals surface area contributed by atoms with Gasteiger partial charge >= 0.3 is 12.1 Å². The van der Waals surface area contributed by atoms with Crippen molar-refractivity contribution in [2.45, 2.75) is 60.3 Å². The van der Waals surface area contributed by atoms with Crippen LogP contribution in [0.4, 0.5) is 4.79 Å². The summed E-state index contributed by atoms with van der Waals surface area (Å²) in [6.07, 6.45) is -0.537. The number of hydrogen-bond acceptors (Lipinski definition) is 4. The second kappa shape index (κ2) is 7.89. The summed E-state index contributed by atoms with van der Waals surface area (Å²) < 4.78 is 5.39. The first-order valence-electron chi connectivity index (χ1n) is 8.56. The molecule has 0 bridgehead atoms. The number of ketones is 1. The summed E-state index contributed by atoms with van der Waals surface area (Å²) in [5.74, 6) is -0.695. The third-order valence-corrected chi connectivity index (χ3v) is 4.15. The Kier molecular flexibility index (Phi) is 6.58. The van der Waals surface area contributed by atoms with Crippen LogP contribution >= 0.6 is 0 Å². The molecule has 2 N–H and O–H groups in total. The van der Waals surface area contributed by atoms with Crippen LogP contribution in [-0.4, -0.2) is 29.5 Å². The summed E-state index contributed by atoms with van der Waals surface area (Å²) in [6.45, 7) is 12.8. The molecule has 0 fully saturated rings. The number of carbonyl (C=O) groups is 3. The fraction of sp³-hybridized carbons (Fsp3) is 0.550. The molecular formula is C20H29NO5. The third kappa shape index (κ3) is 5.86. The Labute approximate surface area is 154 Å². The van der Waals surface area contributed by atoms with Gasteiger partial charge in [-0.25, -0.2) is 4.79 Å². The van der Waals surface area contributed by atoms with Crippen LogP contribution in [0.25, 0.3) is 0 Å². The number of carbonyl (C=O) groups excluding carboxylic acids is 2. The molecule has 0 aliphatic rings. The van der Waals surface area contributed by atoms with Gasteiger partial charge in [0.2, 0.25) is 0 Å². The number of Topliss-reactive ketones (excluding diaryl/α,β-unsaturated/α-hetero) is 1. The van der Waals surface area contributed by atoms with E-state index in [9.17, 15) is 14.4 Å². The van der Waals surface area contributed by atoms with Crippen LogP contribution in [0, 0.1) is 19.3 Å². The van der Waals surface area contributed by atoms with E-state index in [0.717, 1.165) is 16.7 Å². The SMILES string of the molecule is Cc1cc(C)c(C(C)(C)CC(=O)C(C)(C)C)c(OC(=O)NCC(=O)O)c1. The maximum Gasteiger partial charge on any atom is 0.413 e. The van der Waals surface area contributed by atoms with Crippen LogP contribution < -0.4 is 10.1 Å². The van der Waals surface area contributed by atoms with Gasteiger partial charge in [-0.3, -0.25) is 9.59 Å². The van der Waals surface area contributed by atoms with E-state index in [1.807, 2.05) is 54.5 Å². The fourth-order valence-corrected chi connectivity index (χ4v) is 2.92. The lowest BCUT2D eigenvalue weighted by atomic mass is 9.73. The Bertz CT molecular complexity index is 714. The number of hydrogen-bond donors (Lipinski definition) is 2. The molecule has 6 heteroatoms. The molecule has 0 aliphatic heterocycles. The fourth-order valence-electron chi connectivity index (χ4n) is 2.92. The van der Waals surface area contributed by atoms with Crippen LogP contribution in [0.1, 0.15) is 57.7 Å². The van der Waals surface area contributed by atoms with E-state index in [0.29, 0.717) is 12.2 Å². The van der Waals surface area contributed by atoms with E-state index in [4.69, 9.17) is 9.84 Å². The smallest absolute Gasteiger partial charge is 0.413 e. The predicted octanol–water partition coefficient (Wildman–Crippen LogP) is 3.76. The van der Waals surface area contributed by atoms with E-state index >= 15 is 0 Å². The number of carboxylic acids is 1. The molecule has 0 radical (unpaired) electrons. The quantitative estimate of drug-likeness (QED) is 0.803. The molecule has 1 rings (SSSR count). The maximum absolute atomic E-state index is 12.6. The van der Waals surface area contributed by atoms with E-state index in [2.05, 4.69) is 5.32 Å². The van der Waals surface area contributed by atoms with Crippen molar-refractivity contribution in [1.82, 2.24) is 5.32 Å². The Morgan fingerprint density at radius 3 is 2.15 bits per heavy atom. The maximum atomic E-state index is 12.6. The van der Waals surface area contributed by atoms with Crippen LogP contribution in [-0.2, 0) is 15.0 Å². The van der Waals surface area contributed by atoms with Crippen molar-refractivity contribution in [2.24, 2.45) is 5.41 Å². The molecule has 0 aliphatic carbocycles. The Hall–Kier alpha value is -2.37. The largest absolute Gasteiger partial charge is 0.480 e. The van der Waals surface area contributed by atoms with Crippen molar-refractivity contribution in [3.05, 3.63) is 28.8 Å². The zero-order valence-electron chi connectivity index (χ0n) is 16.6. The molecule has 0 spiro atoms. The highest BCUT2D eigenvalue weighted by Crippen LogP contribution is 2.39. The average molecular weight is 363 g/mol. The van der Waals surface area contributed by atoms with E-state index in [-0.39, 0.29) is 5.78 Å². The minimum Gasteiger partial charge on any atom is -0.480 e. The van der Waals surface area contributed by atoms with Crippen LogP contribution in [0.5, 0.6) is 5.75 Å². The summed E-state index contributed by atoms with van der Waals surface area (Å²) >= 11 is 0. The van der Waals surface area contributed by atoms with Crippen molar-refractivity contribution in [1.29, 1.82) is 0 Å². The first kappa shape index (κ1) is 21.7. The minimum atomic E-state index is -1.15. The van der Waals surface area contributed by atoms with E-state index in [1.54, 1.807) is 6.07 Å². The second-order valence-corrected chi connectivity index (χ2v) is 8.33. The Balaban J connectivity index is 3.22. The lowest BCUT2D eigenvalue weighted by Gasteiger charge is -2.31. The van der Waals surface area contributed by atoms with Gasteiger partial charge in [0.15, 0.2) is 0 Å². The van der Waals surface area contributed by atoms with Crippen molar-refractivity contribution >= 4 is 17.8 Å². The van der Waals surface area contributed by atoms with Crippen molar-refractivity contribution < 1.29 is 24.2 Å². The first-order chi connectivity index (χ1) is 11.7. The van der Waals surface area contributed by atoms with Gasteiger partial charge in [-0.1, -0.05) is 40.7 Å². The monoisotopic (exact) mass is 363 g/mol. The van der Waals surface area contributed by atoms with Gasteiger partial charge in [-0.15, -0.1) is 0 Å². The lowest BCUT2D eigenvalue weighted by Crippen LogP contribution is -2.34. The summed E-state index contributed by atoms with van der Waals surface area (Å²) in [7, 11) is 0. The highest BCUT2D eigenvalue weighted by Gasteiger charge is 2.34. The summed E-state index contributed by atoms with van der Waals surface area (Å²) in [5, 5.41) is 10.9. The number of ether oxygens (including phenoxy) is 1. The normalized spacial score (nSPS) is 11.8. The molecular weight excluding hydrogens is 334 g/mol. The molecule has 0 unspecified atom stereocenters. The second-order valence-electron chi connectivity index (χ2n) is 8.33. The molecule has 1 amide bonds. The van der Waals surface area contributed by atoms with Gasteiger partial charge in [0.25, 0.3) is 0 Å². The van der Waals surface area contributed by atoms with Crippen molar-refractivity contribution in [3.8, 4) is 5.75 Å². The topological polar surface area (TPSA) is 92.7 Å². The zero-order valence-corrected chi connectivity index (χ0v) is 16.6. The summed E-state index contributed by atoms with van der Waals surface area (Å²) in [5.41, 5.74) is 1.58. The highest BCUT2D eigenvalue weighted by atomic mass is 16.6. The molecule has 1 aromatic rings. The van der Waals surface area contributed by atoms with Gasteiger partial charge in [0.05, 0.1) is 0 Å². The number of benzene rings is 1. The van der Waals surface area contributed by atoms with E-state index in [1.165, 1.54) is 0 Å². The Morgan fingerprint density at radius 2 is 1.65 bits per heavy atom. The molecule has 1 aromatic carbocycles.